The number of esters is 1. The molecule has 2 aromatic heterocycles. The van der Waals surface area contributed by atoms with Crippen LogP contribution in [0.4, 0.5) is 0 Å². The Morgan fingerprint density at radius 1 is 1.11 bits per heavy atom. The Balaban J connectivity index is 1.47. The lowest BCUT2D eigenvalue weighted by molar-refractivity contribution is -0.140. The largest absolute Gasteiger partial charge is 0.502 e. The van der Waals surface area contributed by atoms with E-state index in [1.807, 2.05) is 10.6 Å². The predicted octanol–water partition coefficient (Wildman–Crippen LogP) is 2.83. The first-order valence-corrected chi connectivity index (χ1v) is 12.4. The number of likely N-dealkylation sites (tertiary alicyclic amines) is 1. The predicted molar refractivity (Wildman–Crippen MR) is 135 cm³/mol. The van der Waals surface area contributed by atoms with Gasteiger partial charge < -0.3 is 23.6 Å². The van der Waals surface area contributed by atoms with Crippen molar-refractivity contribution in [2.24, 2.45) is 5.92 Å². The zero-order valence-electron chi connectivity index (χ0n) is 20.9. The van der Waals surface area contributed by atoms with Crippen LogP contribution in [0.3, 0.4) is 0 Å². The van der Waals surface area contributed by atoms with Crippen molar-refractivity contribution in [1.29, 1.82) is 0 Å². The number of carbonyl (C=O) groups is 1. The van der Waals surface area contributed by atoms with Gasteiger partial charge in [0, 0.05) is 48.9 Å². The summed E-state index contributed by atoms with van der Waals surface area (Å²) in [6.45, 7) is 2.51. The van der Waals surface area contributed by atoms with E-state index >= 15 is 0 Å². The molecule has 5 rings (SSSR count). The third-order valence-corrected chi connectivity index (χ3v) is 7.36. The Bertz CT molecular complexity index is 1430. The molecule has 1 fully saturated rings. The van der Waals surface area contributed by atoms with E-state index in [1.54, 1.807) is 36.4 Å². The van der Waals surface area contributed by atoms with E-state index in [9.17, 15) is 19.5 Å². The standard InChI is InChI=1S/C28H30N2O7/c1-35-24-8-4-3-6-20(24)21(12-26(33)36-2)28-27(34)23(31)11-19(37-28)16-29-13-17-10-18(15-29)22-7-5-9-25(32)30(22)14-17/h3-9,11,17-18,21,34H,10,12-16H2,1-2H3/t17-,18+,21-/m1/s1. The first-order valence-electron chi connectivity index (χ1n) is 12.4. The number of pyridine rings is 1. The van der Waals surface area contributed by atoms with E-state index in [1.165, 1.54) is 20.3 Å². The minimum Gasteiger partial charge on any atom is -0.502 e. The van der Waals surface area contributed by atoms with E-state index in [0.717, 1.165) is 25.2 Å². The Hall–Kier alpha value is -3.85. The number of aromatic nitrogens is 1. The Labute approximate surface area is 213 Å². The lowest BCUT2D eigenvalue weighted by Gasteiger charge is -2.42. The molecule has 1 N–H and O–H groups in total. The molecule has 0 radical (unpaired) electrons. The van der Waals surface area contributed by atoms with Crippen LogP contribution in [0.1, 0.15) is 47.5 Å². The number of hydrogen-bond acceptors (Lipinski definition) is 8. The molecule has 4 heterocycles. The number of benzene rings is 1. The summed E-state index contributed by atoms with van der Waals surface area (Å²) in [6, 6.07) is 13.8. The van der Waals surface area contributed by atoms with Gasteiger partial charge >= 0.3 is 5.97 Å². The van der Waals surface area contributed by atoms with E-state index < -0.39 is 23.1 Å². The highest BCUT2D eigenvalue weighted by atomic mass is 16.5. The lowest BCUT2D eigenvalue weighted by atomic mass is 9.83. The van der Waals surface area contributed by atoms with Crippen LogP contribution < -0.4 is 15.7 Å². The maximum atomic E-state index is 12.8. The molecule has 1 aromatic carbocycles. The highest BCUT2D eigenvalue weighted by Crippen LogP contribution is 2.39. The molecule has 0 amide bonds. The van der Waals surface area contributed by atoms with Crippen LogP contribution >= 0.6 is 0 Å². The molecule has 0 aliphatic carbocycles. The SMILES string of the molecule is COC(=O)C[C@H](c1ccccc1OC)c1oc(CN2C[C@H]3C[C@@H](C2)c2cccc(=O)n2C3)cc(=O)c1O. The van der Waals surface area contributed by atoms with Crippen molar-refractivity contribution in [2.75, 3.05) is 27.3 Å². The summed E-state index contributed by atoms with van der Waals surface area (Å²) in [7, 11) is 2.80. The van der Waals surface area contributed by atoms with Crippen LogP contribution in [0.25, 0.3) is 0 Å². The average Bonchev–Trinajstić information content (AvgIpc) is 2.90. The number of nitrogens with zero attached hydrogens (tertiary/aromatic N) is 2. The van der Waals surface area contributed by atoms with Crippen LogP contribution in [0, 0.1) is 5.92 Å². The molecule has 9 heteroatoms. The van der Waals surface area contributed by atoms with Crippen molar-refractivity contribution in [1.82, 2.24) is 9.47 Å². The number of methoxy groups -OCH3 is 2. The number of para-hydroxylation sites is 1. The second kappa shape index (κ2) is 10.3. The number of hydrogen-bond donors (Lipinski definition) is 1. The Kier molecular flexibility index (Phi) is 6.88. The molecule has 0 saturated carbocycles. The molecule has 9 nitrogen and oxygen atoms in total. The van der Waals surface area contributed by atoms with Crippen LogP contribution in [0.15, 0.2) is 62.5 Å². The number of rotatable bonds is 7. The van der Waals surface area contributed by atoms with Crippen molar-refractivity contribution in [3.05, 3.63) is 91.9 Å². The molecule has 1 saturated heterocycles. The molecule has 37 heavy (non-hydrogen) atoms. The summed E-state index contributed by atoms with van der Waals surface area (Å²) >= 11 is 0. The molecule has 194 valence electrons. The summed E-state index contributed by atoms with van der Waals surface area (Å²) in [6.07, 6.45) is 0.871. The van der Waals surface area contributed by atoms with Gasteiger partial charge in [-0.1, -0.05) is 24.3 Å². The van der Waals surface area contributed by atoms with E-state index in [-0.39, 0.29) is 23.7 Å². The highest BCUT2D eigenvalue weighted by molar-refractivity contribution is 5.71. The molecule has 0 unspecified atom stereocenters. The topological polar surface area (TPSA) is 111 Å². The first-order chi connectivity index (χ1) is 17.9. The van der Waals surface area contributed by atoms with Crippen molar-refractivity contribution in [2.45, 2.75) is 37.8 Å². The van der Waals surface area contributed by atoms with Gasteiger partial charge in [0.05, 0.1) is 33.1 Å². The molecular weight excluding hydrogens is 476 g/mol. The zero-order chi connectivity index (χ0) is 26.1. The summed E-state index contributed by atoms with van der Waals surface area (Å²) in [5.74, 6) is -0.397. The van der Waals surface area contributed by atoms with Gasteiger partial charge in [-0.2, -0.15) is 0 Å². The van der Waals surface area contributed by atoms with E-state index in [4.69, 9.17) is 13.9 Å². The first kappa shape index (κ1) is 24.8. The molecule has 2 aliphatic heterocycles. The van der Waals surface area contributed by atoms with Gasteiger partial charge in [-0.15, -0.1) is 0 Å². The summed E-state index contributed by atoms with van der Waals surface area (Å²) < 4.78 is 18.4. The second-order valence-corrected chi connectivity index (χ2v) is 9.76. The van der Waals surface area contributed by atoms with E-state index in [2.05, 4.69) is 4.90 Å². The van der Waals surface area contributed by atoms with Crippen LogP contribution in [-0.2, 0) is 22.6 Å². The fourth-order valence-electron chi connectivity index (χ4n) is 5.76. The molecule has 3 aromatic rings. The van der Waals surface area contributed by atoms with Crippen LogP contribution in [0.5, 0.6) is 11.5 Å². The van der Waals surface area contributed by atoms with Gasteiger partial charge in [0.15, 0.2) is 5.76 Å². The van der Waals surface area contributed by atoms with Gasteiger partial charge in [0.2, 0.25) is 11.2 Å². The maximum Gasteiger partial charge on any atom is 0.306 e. The van der Waals surface area contributed by atoms with Gasteiger partial charge in [-0.3, -0.25) is 19.3 Å². The lowest BCUT2D eigenvalue weighted by Crippen LogP contribution is -2.46. The second-order valence-electron chi connectivity index (χ2n) is 9.76. The smallest absolute Gasteiger partial charge is 0.306 e. The zero-order valence-corrected chi connectivity index (χ0v) is 20.9. The molecular formula is C28H30N2O7. The fourth-order valence-corrected chi connectivity index (χ4v) is 5.76. The van der Waals surface area contributed by atoms with Crippen LogP contribution in [-0.4, -0.2) is 47.9 Å². The fraction of sp³-hybridized carbons (Fsp3) is 0.393. The molecule has 0 spiro atoms. The molecule has 2 aliphatic rings. The number of fused-ring (bicyclic) bond motifs is 4. The number of aromatic hydroxyl groups is 1. The van der Waals surface area contributed by atoms with Gasteiger partial charge in [-0.25, -0.2) is 0 Å². The van der Waals surface area contributed by atoms with Crippen molar-refractivity contribution >= 4 is 5.97 Å². The summed E-state index contributed by atoms with van der Waals surface area (Å²) in [4.78, 5) is 39.7. The number of carbonyl (C=O) groups excluding carboxylic acids is 1. The van der Waals surface area contributed by atoms with Crippen molar-refractivity contribution < 1.29 is 23.8 Å². The number of piperidine rings is 1. The van der Waals surface area contributed by atoms with Gasteiger partial charge in [0.1, 0.15) is 11.5 Å². The van der Waals surface area contributed by atoms with Crippen molar-refractivity contribution in [3.8, 4) is 11.5 Å². The average molecular weight is 507 g/mol. The minimum absolute atomic E-state index is 0.00602. The maximum absolute atomic E-state index is 12.8. The van der Waals surface area contributed by atoms with Gasteiger partial charge in [-0.05, 0) is 24.5 Å². The molecule has 3 atom stereocenters. The normalized spacial score (nSPS) is 19.6. The highest BCUT2D eigenvalue weighted by Gasteiger charge is 2.35. The Morgan fingerprint density at radius 3 is 2.70 bits per heavy atom. The monoisotopic (exact) mass is 506 g/mol. The number of ether oxygens (including phenoxy) is 2. The summed E-state index contributed by atoms with van der Waals surface area (Å²) in [5, 5.41) is 10.7. The summed E-state index contributed by atoms with van der Waals surface area (Å²) in [5.41, 5.74) is 1.09. The third kappa shape index (κ3) is 4.91. The van der Waals surface area contributed by atoms with E-state index in [0.29, 0.717) is 36.1 Å². The quantitative estimate of drug-likeness (QED) is 0.487. The third-order valence-electron chi connectivity index (χ3n) is 7.36. The van der Waals surface area contributed by atoms with Crippen molar-refractivity contribution in [3.63, 3.8) is 0 Å². The Morgan fingerprint density at radius 2 is 1.92 bits per heavy atom. The minimum atomic E-state index is -0.782. The van der Waals surface area contributed by atoms with Crippen LogP contribution in [0.2, 0.25) is 0 Å². The van der Waals surface area contributed by atoms with Gasteiger partial charge in [0.25, 0.3) is 5.56 Å². The molecule has 2 bridgehead atoms.